The van der Waals surface area contributed by atoms with Crippen LogP contribution in [0.3, 0.4) is 0 Å². The normalized spacial score (nSPS) is 10.4. The van der Waals surface area contributed by atoms with Gasteiger partial charge in [-0.3, -0.25) is 0 Å². The molecular weight excluding hydrogens is 134 g/mol. The summed E-state index contributed by atoms with van der Waals surface area (Å²) in [6.07, 6.45) is 2.59. The van der Waals surface area contributed by atoms with Gasteiger partial charge in [-0.25, -0.2) is 0 Å². The number of fused-ring (bicyclic) bond motifs is 1. The first kappa shape index (κ1) is 5.10. The molecule has 10 heavy (non-hydrogen) atoms. The van der Waals surface area contributed by atoms with Gasteiger partial charge in [0.25, 0.3) is 0 Å². The molecule has 0 aliphatic carbocycles. The summed E-state index contributed by atoms with van der Waals surface area (Å²) in [5, 5.41) is 19.7. The lowest BCUT2D eigenvalue weighted by Crippen LogP contribution is -1.93. The van der Waals surface area contributed by atoms with Crippen LogP contribution in [0.1, 0.15) is 0 Å². The Hall–Kier alpha value is -1.72. The van der Waals surface area contributed by atoms with Crippen LogP contribution in [-0.4, -0.2) is 30.1 Å². The van der Waals surface area contributed by atoms with Crippen molar-refractivity contribution in [1.29, 1.82) is 0 Å². The van der Waals surface area contributed by atoms with Gasteiger partial charge in [0.1, 0.15) is 6.33 Å². The van der Waals surface area contributed by atoms with E-state index in [1.54, 1.807) is 0 Å². The standard InChI is InChI=1S/C4H3N5O/c10-4-3-1-6-8-9(3)7-2-5-4/h1-2H,(H,5,7,10). The number of hydrogen-bond donors (Lipinski definition) is 1. The van der Waals surface area contributed by atoms with Crippen LogP contribution in [0.25, 0.3) is 5.52 Å². The minimum atomic E-state index is -0.111. The summed E-state index contributed by atoms with van der Waals surface area (Å²) in [4.78, 5) is 3.52. The van der Waals surface area contributed by atoms with Crippen molar-refractivity contribution in [3.8, 4) is 5.88 Å². The first-order valence-electron chi connectivity index (χ1n) is 2.58. The van der Waals surface area contributed by atoms with E-state index in [4.69, 9.17) is 5.11 Å². The average Bonchev–Trinajstić information content (AvgIpc) is 2.36. The Kier molecular flexibility index (Phi) is 0.830. The van der Waals surface area contributed by atoms with Crippen molar-refractivity contribution < 1.29 is 5.11 Å². The molecule has 2 rings (SSSR count). The zero-order valence-electron chi connectivity index (χ0n) is 4.84. The molecular formula is C4H3N5O. The molecule has 0 unspecified atom stereocenters. The maximum absolute atomic E-state index is 9.01. The van der Waals surface area contributed by atoms with Gasteiger partial charge in [-0.15, -0.1) is 14.8 Å². The van der Waals surface area contributed by atoms with Gasteiger partial charge in [0, 0.05) is 0 Å². The van der Waals surface area contributed by atoms with Gasteiger partial charge in [0.2, 0.25) is 5.88 Å². The molecule has 2 aromatic rings. The average molecular weight is 137 g/mol. The fourth-order valence-corrected chi connectivity index (χ4v) is 0.657. The fraction of sp³-hybridized carbons (Fsp3) is 0. The smallest absolute Gasteiger partial charge is 0.242 e. The first-order valence-corrected chi connectivity index (χ1v) is 2.58. The van der Waals surface area contributed by atoms with E-state index in [9.17, 15) is 0 Å². The fourth-order valence-electron chi connectivity index (χ4n) is 0.657. The van der Waals surface area contributed by atoms with Crippen LogP contribution in [0.2, 0.25) is 0 Å². The molecule has 0 aliphatic rings. The van der Waals surface area contributed by atoms with Crippen LogP contribution in [0.5, 0.6) is 5.88 Å². The van der Waals surface area contributed by atoms with E-state index >= 15 is 0 Å². The molecule has 0 atom stereocenters. The van der Waals surface area contributed by atoms with E-state index in [0.29, 0.717) is 5.52 Å². The molecule has 0 bridgehead atoms. The number of rotatable bonds is 0. The third kappa shape index (κ3) is 0.524. The number of aromatic nitrogens is 5. The molecule has 0 saturated carbocycles. The maximum Gasteiger partial charge on any atom is 0.242 e. The Morgan fingerprint density at radius 1 is 1.50 bits per heavy atom. The lowest BCUT2D eigenvalue weighted by atomic mass is 10.6. The third-order valence-electron chi connectivity index (χ3n) is 1.10. The van der Waals surface area contributed by atoms with E-state index in [1.165, 1.54) is 17.2 Å². The molecule has 0 saturated heterocycles. The molecule has 0 aromatic carbocycles. The Labute approximate surface area is 55.1 Å². The lowest BCUT2D eigenvalue weighted by molar-refractivity contribution is 0.452. The van der Waals surface area contributed by atoms with Crippen LogP contribution in [0.4, 0.5) is 0 Å². The summed E-state index contributed by atoms with van der Waals surface area (Å²) in [7, 11) is 0. The highest BCUT2D eigenvalue weighted by molar-refractivity contribution is 5.50. The predicted octanol–water partition coefficient (Wildman–Crippen LogP) is -0.775. The van der Waals surface area contributed by atoms with Crippen molar-refractivity contribution in [1.82, 2.24) is 25.0 Å². The summed E-state index contributed by atoms with van der Waals surface area (Å²) in [5.74, 6) is -0.111. The van der Waals surface area contributed by atoms with Crippen LogP contribution in [-0.2, 0) is 0 Å². The molecule has 1 N–H and O–H groups in total. The summed E-state index contributed by atoms with van der Waals surface area (Å²) in [6.45, 7) is 0. The number of hydrogen-bond acceptors (Lipinski definition) is 5. The van der Waals surface area contributed by atoms with Gasteiger partial charge in [-0.2, -0.15) is 4.98 Å². The van der Waals surface area contributed by atoms with Crippen molar-refractivity contribution >= 4 is 5.52 Å². The van der Waals surface area contributed by atoms with E-state index in [-0.39, 0.29) is 5.88 Å². The van der Waals surface area contributed by atoms with Gasteiger partial charge in [-0.05, 0) is 5.21 Å². The molecule has 50 valence electrons. The van der Waals surface area contributed by atoms with E-state index in [1.807, 2.05) is 0 Å². The van der Waals surface area contributed by atoms with E-state index in [2.05, 4.69) is 20.4 Å². The van der Waals surface area contributed by atoms with Crippen LogP contribution in [0, 0.1) is 0 Å². The largest absolute Gasteiger partial charge is 0.492 e. The second kappa shape index (κ2) is 1.63. The summed E-state index contributed by atoms with van der Waals surface area (Å²) in [6, 6.07) is 0. The van der Waals surface area contributed by atoms with E-state index < -0.39 is 0 Å². The molecule has 0 amide bonds. The third-order valence-corrected chi connectivity index (χ3v) is 1.10. The summed E-state index contributed by atoms with van der Waals surface area (Å²) < 4.78 is 1.20. The minimum absolute atomic E-state index is 0.111. The molecule has 0 spiro atoms. The van der Waals surface area contributed by atoms with Gasteiger partial charge in [-0.1, -0.05) is 0 Å². The Morgan fingerprint density at radius 2 is 2.40 bits per heavy atom. The Bertz CT molecular complexity index is 355. The van der Waals surface area contributed by atoms with Gasteiger partial charge in [0.15, 0.2) is 5.52 Å². The number of aromatic hydroxyl groups is 1. The van der Waals surface area contributed by atoms with Gasteiger partial charge in [0.05, 0.1) is 6.20 Å². The highest BCUT2D eigenvalue weighted by atomic mass is 16.3. The molecule has 6 heteroatoms. The second-order valence-corrected chi connectivity index (χ2v) is 1.69. The molecule has 0 aliphatic heterocycles. The molecule has 2 aromatic heterocycles. The van der Waals surface area contributed by atoms with Gasteiger partial charge >= 0.3 is 0 Å². The molecule has 0 radical (unpaired) electrons. The van der Waals surface area contributed by atoms with Crippen molar-refractivity contribution in [3.05, 3.63) is 12.5 Å². The highest BCUT2D eigenvalue weighted by Crippen LogP contribution is 2.08. The zero-order chi connectivity index (χ0) is 6.97. The molecule has 0 fully saturated rings. The minimum Gasteiger partial charge on any atom is -0.492 e. The molecule has 6 nitrogen and oxygen atoms in total. The lowest BCUT2D eigenvalue weighted by Gasteiger charge is -1.88. The Balaban J connectivity index is 2.95. The van der Waals surface area contributed by atoms with Crippen LogP contribution < -0.4 is 0 Å². The van der Waals surface area contributed by atoms with Gasteiger partial charge < -0.3 is 5.11 Å². The SMILES string of the molecule is Oc1ncnn2nncc12. The van der Waals surface area contributed by atoms with E-state index in [0.717, 1.165) is 0 Å². The topological polar surface area (TPSA) is 76.2 Å². The first-order chi connectivity index (χ1) is 4.88. The molecule has 2 heterocycles. The maximum atomic E-state index is 9.01. The van der Waals surface area contributed by atoms with Crippen molar-refractivity contribution in [2.75, 3.05) is 0 Å². The van der Waals surface area contributed by atoms with Crippen LogP contribution in [0.15, 0.2) is 12.5 Å². The number of nitrogens with zero attached hydrogens (tertiary/aromatic N) is 5. The summed E-state index contributed by atoms with van der Waals surface area (Å²) in [5.41, 5.74) is 0.405. The Morgan fingerprint density at radius 3 is 3.20 bits per heavy atom. The quantitative estimate of drug-likeness (QED) is 0.515. The van der Waals surface area contributed by atoms with Crippen molar-refractivity contribution in [2.24, 2.45) is 0 Å². The van der Waals surface area contributed by atoms with Crippen molar-refractivity contribution in [3.63, 3.8) is 0 Å². The van der Waals surface area contributed by atoms with Crippen molar-refractivity contribution in [2.45, 2.75) is 0 Å². The monoisotopic (exact) mass is 137 g/mol. The summed E-state index contributed by atoms with van der Waals surface area (Å²) >= 11 is 0. The van der Waals surface area contributed by atoms with Crippen LogP contribution >= 0.6 is 0 Å². The second-order valence-electron chi connectivity index (χ2n) is 1.69. The predicted molar refractivity (Wildman–Crippen MR) is 30.2 cm³/mol. The zero-order valence-corrected chi connectivity index (χ0v) is 4.84. The highest BCUT2D eigenvalue weighted by Gasteiger charge is 2.00.